The van der Waals surface area contributed by atoms with Crippen molar-refractivity contribution in [2.45, 2.75) is 30.3 Å². The first-order valence-corrected chi connectivity index (χ1v) is 11.5. The predicted molar refractivity (Wildman–Crippen MR) is 116 cm³/mol. The van der Waals surface area contributed by atoms with Crippen molar-refractivity contribution in [3.8, 4) is 22.9 Å². The zero-order valence-corrected chi connectivity index (χ0v) is 17.8. The number of likely N-dealkylation sites (tertiary alicyclic amines) is 1. The molecule has 1 saturated heterocycles. The van der Waals surface area contributed by atoms with Crippen LogP contribution in [-0.4, -0.2) is 34.6 Å². The molecule has 2 aliphatic heterocycles. The summed E-state index contributed by atoms with van der Waals surface area (Å²) in [4.78, 5) is 11.3. The average Bonchev–Trinajstić information content (AvgIpc) is 3.27. The number of hydrogen-bond donors (Lipinski definition) is 1. The van der Waals surface area contributed by atoms with Crippen molar-refractivity contribution in [2.75, 3.05) is 19.8 Å². The first-order chi connectivity index (χ1) is 15.2. The molecule has 31 heavy (non-hydrogen) atoms. The molecule has 1 atom stereocenters. The Kier molecular flexibility index (Phi) is 5.57. The summed E-state index contributed by atoms with van der Waals surface area (Å²) in [5.74, 6) is 2.25. The molecule has 3 aromatic rings. The van der Waals surface area contributed by atoms with Crippen LogP contribution in [0.5, 0.6) is 11.5 Å². The highest BCUT2D eigenvalue weighted by Gasteiger charge is 2.27. The maximum atomic E-state index is 11.2. The average molecular weight is 436 g/mol. The van der Waals surface area contributed by atoms with Crippen LogP contribution in [0.25, 0.3) is 11.4 Å². The molecule has 8 heteroatoms. The van der Waals surface area contributed by atoms with E-state index < -0.39 is 10.6 Å². The van der Waals surface area contributed by atoms with E-state index in [0.29, 0.717) is 30.0 Å². The van der Waals surface area contributed by atoms with E-state index in [1.54, 1.807) is 0 Å². The van der Waals surface area contributed by atoms with Gasteiger partial charge in [0.05, 0.1) is 0 Å². The lowest BCUT2D eigenvalue weighted by molar-refractivity contribution is 0.170. The van der Waals surface area contributed by atoms with Crippen molar-refractivity contribution in [2.24, 2.45) is 0 Å². The maximum Gasteiger partial charge on any atom is 0.161 e. The molecule has 0 aliphatic carbocycles. The molecule has 0 amide bonds. The number of rotatable bonds is 5. The normalized spacial score (nSPS) is 18.4. The third-order valence-electron chi connectivity index (χ3n) is 5.75. The molecule has 1 N–H and O–H groups in total. The standard InChI is InChI=1S/C23H23N4O3S/c24-31(28)19-13-25-23(26-14-19)17-5-3-16(4-6-17)15-27-9-1-2-20(27)18-7-8-21-22(12-18)30-11-10-29-21/h3-8,12-14,20,24H,1-2,9-11,15H2/q-1/t20-/m0/s1. The first kappa shape index (κ1) is 20.0. The number of benzene rings is 2. The van der Waals surface area contributed by atoms with E-state index in [9.17, 15) is 4.21 Å². The Hall–Kier alpha value is -2.97. The molecule has 5 rings (SSSR count). The molecule has 1 fully saturated rings. The molecule has 2 aromatic carbocycles. The lowest BCUT2D eigenvalue weighted by Crippen LogP contribution is -2.23. The van der Waals surface area contributed by atoms with E-state index in [4.69, 9.17) is 14.3 Å². The largest absolute Gasteiger partial charge is 0.486 e. The summed E-state index contributed by atoms with van der Waals surface area (Å²) in [7, 11) is -1.82. The minimum Gasteiger partial charge on any atom is -0.486 e. The zero-order chi connectivity index (χ0) is 21.2. The topological polar surface area (TPSA) is 88.4 Å². The summed E-state index contributed by atoms with van der Waals surface area (Å²) < 4.78 is 29.8. The van der Waals surface area contributed by atoms with Gasteiger partial charge in [-0.05, 0) is 42.6 Å². The van der Waals surface area contributed by atoms with Crippen LogP contribution in [0.3, 0.4) is 0 Å². The summed E-state index contributed by atoms with van der Waals surface area (Å²) in [5.41, 5.74) is 3.41. The van der Waals surface area contributed by atoms with Gasteiger partial charge in [-0.1, -0.05) is 35.2 Å². The Morgan fingerprint density at radius 1 is 1.03 bits per heavy atom. The molecule has 3 heterocycles. The molecule has 7 nitrogen and oxygen atoms in total. The fourth-order valence-corrected chi connectivity index (χ4v) is 4.51. The first-order valence-electron chi connectivity index (χ1n) is 10.4. The predicted octanol–water partition coefficient (Wildman–Crippen LogP) is 4.34. The quantitative estimate of drug-likeness (QED) is 0.600. The highest BCUT2D eigenvalue weighted by atomic mass is 32.2. The van der Waals surface area contributed by atoms with Crippen LogP contribution in [0.4, 0.5) is 0 Å². The van der Waals surface area contributed by atoms with Crippen molar-refractivity contribution >= 4 is 10.6 Å². The van der Waals surface area contributed by atoms with Gasteiger partial charge in [-0.25, -0.2) is 9.97 Å². The van der Waals surface area contributed by atoms with Crippen molar-refractivity contribution < 1.29 is 13.7 Å². The van der Waals surface area contributed by atoms with Crippen LogP contribution in [0.15, 0.2) is 59.8 Å². The molecule has 0 unspecified atom stereocenters. The van der Waals surface area contributed by atoms with Crippen LogP contribution in [0, 0.1) is 4.78 Å². The summed E-state index contributed by atoms with van der Waals surface area (Å²) >= 11 is 0. The molecular weight excluding hydrogens is 412 g/mol. The van der Waals surface area contributed by atoms with E-state index in [1.807, 2.05) is 18.2 Å². The van der Waals surface area contributed by atoms with E-state index in [0.717, 1.165) is 36.6 Å². The van der Waals surface area contributed by atoms with Crippen LogP contribution in [0.2, 0.25) is 0 Å². The minimum absolute atomic E-state index is 0.305. The van der Waals surface area contributed by atoms with Gasteiger partial charge in [0.1, 0.15) is 13.2 Å². The van der Waals surface area contributed by atoms with E-state index in [2.05, 4.69) is 39.1 Å². The third kappa shape index (κ3) is 4.26. The molecule has 0 bridgehead atoms. The van der Waals surface area contributed by atoms with E-state index >= 15 is 0 Å². The zero-order valence-electron chi connectivity index (χ0n) is 17.0. The highest BCUT2D eigenvalue weighted by Crippen LogP contribution is 2.38. The summed E-state index contributed by atoms with van der Waals surface area (Å²) in [6.07, 6.45) is 5.20. The van der Waals surface area contributed by atoms with Gasteiger partial charge in [0, 0.05) is 30.5 Å². The number of ether oxygens (including phenoxy) is 2. The van der Waals surface area contributed by atoms with Crippen molar-refractivity contribution in [1.82, 2.24) is 14.9 Å². The van der Waals surface area contributed by atoms with Gasteiger partial charge >= 0.3 is 0 Å². The number of fused-ring (bicyclic) bond motifs is 1. The molecule has 160 valence electrons. The molecular formula is C23H23N4O3S-. The SMILES string of the molecule is N=[S-](=O)c1cnc(-c2ccc(CN3CCC[C@H]3c3ccc4c(c3)OCCO4)cc2)nc1. The minimum atomic E-state index is -1.82. The smallest absolute Gasteiger partial charge is 0.161 e. The summed E-state index contributed by atoms with van der Waals surface area (Å²) in [6, 6.07) is 14.9. The second kappa shape index (κ2) is 8.64. The Morgan fingerprint density at radius 3 is 2.52 bits per heavy atom. The van der Waals surface area contributed by atoms with Crippen LogP contribution in [-0.2, 0) is 21.3 Å². The number of aromatic nitrogens is 2. The molecule has 1 aromatic heterocycles. The Labute approximate surface area is 183 Å². The van der Waals surface area contributed by atoms with Gasteiger partial charge < -0.3 is 18.5 Å². The van der Waals surface area contributed by atoms with Gasteiger partial charge in [-0.2, -0.15) is 10.6 Å². The van der Waals surface area contributed by atoms with Crippen LogP contribution < -0.4 is 9.47 Å². The van der Waals surface area contributed by atoms with Crippen molar-refractivity contribution in [1.29, 1.82) is 4.78 Å². The van der Waals surface area contributed by atoms with Gasteiger partial charge in [0.15, 0.2) is 17.3 Å². The second-order valence-corrected chi connectivity index (χ2v) is 8.75. The van der Waals surface area contributed by atoms with Crippen LogP contribution in [0.1, 0.15) is 30.0 Å². The highest BCUT2D eigenvalue weighted by molar-refractivity contribution is 7.73. The van der Waals surface area contributed by atoms with Crippen molar-refractivity contribution in [3.05, 3.63) is 66.0 Å². The monoisotopic (exact) mass is 435 g/mol. The fourth-order valence-electron chi connectivity index (χ4n) is 4.21. The Morgan fingerprint density at radius 2 is 1.77 bits per heavy atom. The lowest BCUT2D eigenvalue weighted by atomic mass is 10.0. The summed E-state index contributed by atoms with van der Waals surface area (Å²) in [5, 5.41) is 0. The molecule has 0 spiro atoms. The molecule has 2 aliphatic rings. The van der Waals surface area contributed by atoms with Gasteiger partial charge in [0.2, 0.25) is 0 Å². The number of nitrogens with one attached hydrogen (secondary N) is 1. The molecule has 0 saturated carbocycles. The van der Waals surface area contributed by atoms with Gasteiger partial charge in [-0.3, -0.25) is 4.90 Å². The fraction of sp³-hybridized carbons (Fsp3) is 0.304. The number of hydrogen-bond acceptors (Lipinski definition) is 8. The van der Waals surface area contributed by atoms with Gasteiger partial charge in [0.25, 0.3) is 0 Å². The maximum absolute atomic E-state index is 11.2. The van der Waals surface area contributed by atoms with Gasteiger partial charge in [-0.15, -0.1) is 0 Å². The lowest BCUT2D eigenvalue weighted by Gasteiger charge is -2.26. The number of nitrogens with zero attached hydrogens (tertiary/aromatic N) is 3. The van der Waals surface area contributed by atoms with Crippen molar-refractivity contribution in [3.63, 3.8) is 0 Å². The third-order valence-corrected chi connectivity index (χ3v) is 6.39. The Balaban J connectivity index is 1.30. The van der Waals surface area contributed by atoms with E-state index in [-0.39, 0.29) is 0 Å². The van der Waals surface area contributed by atoms with E-state index in [1.165, 1.54) is 29.9 Å². The summed E-state index contributed by atoms with van der Waals surface area (Å²) in [6.45, 7) is 3.15. The Bertz CT molecular complexity index is 1140. The van der Waals surface area contributed by atoms with Crippen LogP contribution >= 0.6 is 0 Å². The molecule has 0 radical (unpaired) electrons. The second-order valence-electron chi connectivity index (χ2n) is 7.74.